The van der Waals surface area contributed by atoms with Gasteiger partial charge in [-0.05, 0) is 68.3 Å². The van der Waals surface area contributed by atoms with Gasteiger partial charge in [-0.2, -0.15) is 0 Å². The molecule has 0 spiro atoms. The summed E-state index contributed by atoms with van der Waals surface area (Å²) in [5.74, 6) is -0.148. The maximum atomic E-state index is 12.3. The monoisotopic (exact) mass is 441 g/mol. The van der Waals surface area contributed by atoms with Crippen LogP contribution in [0.5, 0.6) is 5.75 Å². The fraction of sp³-hybridized carbons (Fsp3) is 0.125. The number of hydrogen-bond acceptors (Lipinski definition) is 4. The lowest BCUT2D eigenvalue weighted by atomic mass is 10.1. The number of halogens is 2. The molecule has 1 N–H and O–H groups in total. The molecule has 0 aliphatic rings. The first kappa shape index (κ1) is 17.5. The second-order valence-electron chi connectivity index (χ2n) is 4.49. The van der Waals surface area contributed by atoms with E-state index in [-0.39, 0.29) is 5.91 Å². The van der Waals surface area contributed by atoms with Crippen LogP contribution in [0.4, 0.5) is 5.69 Å². The number of methoxy groups -OCH3 is 2. The van der Waals surface area contributed by atoms with E-state index in [0.717, 1.165) is 0 Å². The Labute approximate surface area is 150 Å². The highest BCUT2D eigenvalue weighted by molar-refractivity contribution is 9.10. The fourth-order valence-electron chi connectivity index (χ4n) is 1.88. The zero-order valence-corrected chi connectivity index (χ0v) is 15.5. The Hall–Kier alpha value is -1.86. The van der Waals surface area contributed by atoms with Gasteiger partial charge in [-0.3, -0.25) is 4.79 Å². The molecule has 0 saturated carbocycles. The smallest absolute Gasteiger partial charge is 0.339 e. The molecule has 0 aliphatic carbocycles. The van der Waals surface area contributed by atoms with Crippen LogP contribution in [0.2, 0.25) is 0 Å². The minimum Gasteiger partial charge on any atom is -0.496 e. The number of nitrogens with one attached hydrogen (secondary N) is 1. The van der Waals surface area contributed by atoms with Crippen LogP contribution in [-0.4, -0.2) is 26.1 Å². The first-order valence-corrected chi connectivity index (χ1v) is 8.07. The highest BCUT2D eigenvalue weighted by Gasteiger charge is 2.13. The van der Waals surface area contributed by atoms with Crippen LogP contribution in [0.1, 0.15) is 20.7 Å². The van der Waals surface area contributed by atoms with Crippen molar-refractivity contribution in [1.29, 1.82) is 0 Å². The third-order valence-electron chi connectivity index (χ3n) is 3.04. The van der Waals surface area contributed by atoms with E-state index in [9.17, 15) is 9.59 Å². The van der Waals surface area contributed by atoms with Crippen molar-refractivity contribution in [2.75, 3.05) is 19.5 Å². The van der Waals surface area contributed by atoms with E-state index in [4.69, 9.17) is 9.47 Å². The van der Waals surface area contributed by atoms with E-state index >= 15 is 0 Å². The van der Waals surface area contributed by atoms with E-state index in [1.165, 1.54) is 7.11 Å². The highest BCUT2D eigenvalue weighted by atomic mass is 79.9. The standard InChI is InChI=1S/C16H13Br2NO4/c1-22-14-6-3-9(7-13(14)18)15(20)19-10-4-5-12(17)11(8-10)16(21)23-2/h3-8H,1-2H3,(H,19,20). The van der Waals surface area contributed by atoms with Gasteiger partial charge in [-0.1, -0.05) is 0 Å². The molecule has 0 aromatic heterocycles. The van der Waals surface area contributed by atoms with E-state index in [0.29, 0.717) is 31.5 Å². The molecule has 2 aromatic rings. The quantitative estimate of drug-likeness (QED) is 0.718. The summed E-state index contributed by atoms with van der Waals surface area (Å²) in [6.45, 7) is 0. The predicted octanol–water partition coefficient (Wildman–Crippen LogP) is 4.26. The Bertz CT molecular complexity index is 762. The van der Waals surface area contributed by atoms with Crippen molar-refractivity contribution in [3.63, 3.8) is 0 Å². The van der Waals surface area contributed by atoms with Crippen LogP contribution >= 0.6 is 31.9 Å². The zero-order valence-electron chi connectivity index (χ0n) is 12.4. The Morgan fingerprint density at radius 2 is 1.74 bits per heavy atom. The average molecular weight is 443 g/mol. The molecule has 2 rings (SSSR count). The van der Waals surface area contributed by atoms with Crippen molar-refractivity contribution in [2.24, 2.45) is 0 Å². The number of amides is 1. The number of ether oxygens (including phenoxy) is 2. The molecule has 2 aromatic carbocycles. The lowest BCUT2D eigenvalue weighted by Gasteiger charge is -2.09. The predicted molar refractivity (Wildman–Crippen MR) is 94.1 cm³/mol. The van der Waals surface area contributed by atoms with Crippen molar-refractivity contribution in [3.05, 3.63) is 56.5 Å². The van der Waals surface area contributed by atoms with Crippen LogP contribution in [0, 0.1) is 0 Å². The summed E-state index contributed by atoms with van der Waals surface area (Å²) in [6, 6.07) is 9.92. The van der Waals surface area contributed by atoms with E-state index in [1.807, 2.05) is 0 Å². The summed E-state index contributed by atoms with van der Waals surface area (Å²) in [6.07, 6.45) is 0. The summed E-state index contributed by atoms with van der Waals surface area (Å²) in [4.78, 5) is 24.0. The molecule has 0 bridgehead atoms. The normalized spacial score (nSPS) is 10.1. The van der Waals surface area contributed by atoms with Gasteiger partial charge in [0.25, 0.3) is 5.91 Å². The molecular weight excluding hydrogens is 430 g/mol. The van der Waals surface area contributed by atoms with Gasteiger partial charge < -0.3 is 14.8 Å². The summed E-state index contributed by atoms with van der Waals surface area (Å²) in [5.41, 5.74) is 1.28. The molecule has 0 aliphatic heterocycles. The van der Waals surface area contributed by atoms with Gasteiger partial charge in [-0.25, -0.2) is 4.79 Å². The van der Waals surface area contributed by atoms with Crippen LogP contribution < -0.4 is 10.1 Å². The minimum absolute atomic E-state index is 0.300. The number of carbonyl (C=O) groups is 2. The third kappa shape index (κ3) is 4.11. The number of esters is 1. The van der Waals surface area contributed by atoms with Gasteiger partial charge in [0.15, 0.2) is 0 Å². The largest absolute Gasteiger partial charge is 0.496 e. The molecule has 5 nitrogen and oxygen atoms in total. The third-order valence-corrected chi connectivity index (χ3v) is 4.35. The molecular formula is C16H13Br2NO4. The molecule has 0 unspecified atom stereocenters. The summed E-state index contributed by atoms with van der Waals surface area (Å²) >= 11 is 6.61. The van der Waals surface area contributed by atoms with Crippen LogP contribution in [0.25, 0.3) is 0 Å². The lowest BCUT2D eigenvalue weighted by molar-refractivity contribution is 0.0599. The number of hydrogen-bond donors (Lipinski definition) is 1. The zero-order chi connectivity index (χ0) is 17.0. The maximum Gasteiger partial charge on any atom is 0.339 e. The maximum absolute atomic E-state index is 12.3. The van der Waals surface area contributed by atoms with E-state index in [2.05, 4.69) is 37.2 Å². The average Bonchev–Trinajstić information content (AvgIpc) is 2.55. The summed E-state index contributed by atoms with van der Waals surface area (Å²) in [5, 5.41) is 2.74. The summed E-state index contributed by atoms with van der Waals surface area (Å²) in [7, 11) is 2.85. The first-order chi connectivity index (χ1) is 11.0. The van der Waals surface area contributed by atoms with Crippen molar-refractivity contribution in [1.82, 2.24) is 0 Å². The Morgan fingerprint density at radius 1 is 1.00 bits per heavy atom. The molecule has 1 amide bonds. The molecule has 0 saturated heterocycles. The number of anilines is 1. The van der Waals surface area contributed by atoms with Gasteiger partial charge in [0.05, 0.1) is 24.3 Å². The molecule has 120 valence electrons. The fourth-order valence-corrected chi connectivity index (χ4v) is 2.83. The summed E-state index contributed by atoms with van der Waals surface area (Å²) < 4.78 is 11.1. The Morgan fingerprint density at radius 3 is 2.35 bits per heavy atom. The molecule has 7 heteroatoms. The van der Waals surface area contributed by atoms with Crippen molar-refractivity contribution in [3.8, 4) is 5.75 Å². The molecule has 0 radical (unpaired) electrons. The highest BCUT2D eigenvalue weighted by Crippen LogP contribution is 2.26. The lowest BCUT2D eigenvalue weighted by Crippen LogP contribution is -2.13. The van der Waals surface area contributed by atoms with Crippen molar-refractivity contribution < 1.29 is 19.1 Å². The number of carbonyl (C=O) groups excluding carboxylic acids is 2. The van der Waals surface area contributed by atoms with Gasteiger partial charge in [-0.15, -0.1) is 0 Å². The Kier molecular flexibility index (Phi) is 5.79. The molecule has 0 atom stereocenters. The van der Waals surface area contributed by atoms with Crippen LogP contribution in [-0.2, 0) is 4.74 Å². The topological polar surface area (TPSA) is 64.6 Å². The minimum atomic E-state index is -0.486. The second kappa shape index (κ2) is 7.61. The van der Waals surface area contributed by atoms with Gasteiger partial charge in [0.2, 0.25) is 0 Å². The van der Waals surface area contributed by atoms with Crippen molar-refractivity contribution >= 4 is 49.4 Å². The Balaban J connectivity index is 2.23. The first-order valence-electron chi connectivity index (χ1n) is 6.49. The van der Waals surface area contributed by atoms with Gasteiger partial charge in [0, 0.05) is 15.7 Å². The second-order valence-corrected chi connectivity index (χ2v) is 6.20. The van der Waals surface area contributed by atoms with Gasteiger partial charge in [0.1, 0.15) is 5.75 Å². The molecule has 23 heavy (non-hydrogen) atoms. The molecule has 0 heterocycles. The van der Waals surface area contributed by atoms with Crippen molar-refractivity contribution in [2.45, 2.75) is 0 Å². The van der Waals surface area contributed by atoms with Crippen LogP contribution in [0.3, 0.4) is 0 Å². The number of benzene rings is 2. The van der Waals surface area contributed by atoms with E-state index in [1.54, 1.807) is 43.5 Å². The SMILES string of the molecule is COC(=O)c1cc(NC(=O)c2ccc(OC)c(Br)c2)ccc1Br. The van der Waals surface area contributed by atoms with E-state index < -0.39 is 5.97 Å². The number of rotatable bonds is 4. The van der Waals surface area contributed by atoms with Crippen LogP contribution in [0.15, 0.2) is 45.3 Å². The molecule has 0 fully saturated rings. The van der Waals surface area contributed by atoms with Gasteiger partial charge >= 0.3 is 5.97 Å².